The van der Waals surface area contributed by atoms with Gasteiger partial charge in [0.25, 0.3) is 0 Å². The molecular formula is C26H36N8O7. The lowest BCUT2D eigenvalue weighted by Crippen LogP contribution is -2.57. The molecule has 4 atom stereocenters. The smallest absolute Gasteiger partial charge is 0.326 e. The van der Waals surface area contributed by atoms with Gasteiger partial charge in [0, 0.05) is 36.6 Å². The molecule has 0 bridgehead atoms. The topological polar surface area (TPSA) is 259 Å². The molecule has 1 saturated heterocycles. The quantitative estimate of drug-likeness (QED) is 0.0746. The van der Waals surface area contributed by atoms with Crippen molar-refractivity contribution in [1.82, 2.24) is 20.5 Å². The molecule has 222 valence electrons. The zero-order valence-corrected chi connectivity index (χ0v) is 22.4. The summed E-state index contributed by atoms with van der Waals surface area (Å²) < 4.78 is 0. The number of guanidine groups is 1. The molecule has 0 saturated carbocycles. The molecule has 11 N–H and O–H groups in total. The number of aromatic nitrogens is 1. The molecule has 1 aromatic carbocycles. The van der Waals surface area contributed by atoms with Crippen molar-refractivity contribution in [2.45, 2.75) is 62.7 Å². The van der Waals surface area contributed by atoms with Crippen LogP contribution in [0, 0.1) is 0 Å². The number of amides is 3. The van der Waals surface area contributed by atoms with E-state index in [1.165, 1.54) is 4.90 Å². The number of para-hydroxylation sites is 1. The Labute approximate surface area is 235 Å². The molecule has 2 heterocycles. The highest BCUT2D eigenvalue weighted by atomic mass is 16.4. The molecule has 1 aliphatic rings. The molecule has 3 amide bonds. The van der Waals surface area contributed by atoms with E-state index in [1.807, 2.05) is 24.3 Å². The fourth-order valence-corrected chi connectivity index (χ4v) is 4.80. The molecule has 0 radical (unpaired) electrons. The Kier molecular flexibility index (Phi) is 10.6. The van der Waals surface area contributed by atoms with Gasteiger partial charge in [0.15, 0.2) is 5.96 Å². The van der Waals surface area contributed by atoms with Crippen LogP contribution in [0.2, 0.25) is 0 Å². The van der Waals surface area contributed by atoms with Crippen molar-refractivity contribution in [1.29, 1.82) is 0 Å². The number of H-pyrrole nitrogens is 1. The van der Waals surface area contributed by atoms with Crippen molar-refractivity contribution < 1.29 is 34.2 Å². The number of fused-ring (bicyclic) bond motifs is 1. The number of carbonyl (C=O) groups excluding carboxylic acids is 3. The Balaban J connectivity index is 1.67. The minimum absolute atomic E-state index is 0.00449. The van der Waals surface area contributed by atoms with Gasteiger partial charge in [-0.3, -0.25) is 24.2 Å². The van der Waals surface area contributed by atoms with Crippen LogP contribution >= 0.6 is 0 Å². The van der Waals surface area contributed by atoms with Crippen molar-refractivity contribution in [2.24, 2.45) is 22.2 Å². The molecular weight excluding hydrogens is 536 g/mol. The monoisotopic (exact) mass is 572 g/mol. The summed E-state index contributed by atoms with van der Waals surface area (Å²) in [4.78, 5) is 70.8. The molecule has 15 nitrogen and oxygen atoms in total. The Morgan fingerprint density at radius 3 is 2.51 bits per heavy atom. The first kappa shape index (κ1) is 30.9. The van der Waals surface area contributed by atoms with Crippen molar-refractivity contribution in [3.63, 3.8) is 0 Å². The number of aliphatic carboxylic acids is 2. The number of carbonyl (C=O) groups is 5. The van der Waals surface area contributed by atoms with E-state index in [0.29, 0.717) is 18.4 Å². The zero-order valence-electron chi connectivity index (χ0n) is 22.4. The molecule has 2 aromatic rings. The van der Waals surface area contributed by atoms with Crippen molar-refractivity contribution in [2.75, 3.05) is 13.1 Å². The van der Waals surface area contributed by atoms with Gasteiger partial charge in [0.1, 0.15) is 18.1 Å². The number of carboxylic acid groups (broad SMARTS) is 2. The number of nitrogens with zero attached hydrogens (tertiary/aromatic N) is 2. The van der Waals surface area contributed by atoms with E-state index in [1.54, 1.807) is 6.20 Å². The van der Waals surface area contributed by atoms with E-state index in [9.17, 15) is 34.2 Å². The minimum atomic E-state index is -1.47. The van der Waals surface area contributed by atoms with Crippen LogP contribution in [0.1, 0.15) is 37.7 Å². The second kappa shape index (κ2) is 14.1. The summed E-state index contributed by atoms with van der Waals surface area (Å²) in [7, 11) is 0. The van der Waals surface area contributed by atoms with Gasteiger partial charge in [-0.1, -0.05) is 18.2 Å². The van der Waals surface area contributed by atoms with Crippen LogP contribution in [0.25, 0.3) is 10.9 Å². The van der Waals surface area contributed by atoms with Crippen LogP contribution in [-0.2, 0) is 30.4 Å². The van der Waals surface area contributed by atoms with E-state index in [0.717, 1.165) is 10.9 Å². The second-order valence-corrected chi connectivity index (χ2v) is 9.87. The van der Waals surface area contributed by atoms with Gasteiger partial charge in [0.05, 0.1) is 12.5 Å². The average molecular weight is 573 g/mol. The van der Waals surface area contributed by atoms with Gasteiger partial charge < -0.3 is 47.9 Å². The van der Waals surface area contributed by atoms with Crippen LogP contribution in [0.5, 0.6) is 0 Å². The highest BCUT2D eigenvalue weighted by Crippen LogP contribution is 2.22. The fraction of sp³-hybridized carbons (Fsp3) is 0.462. The van der Waals surface area contributed by atoms with Crippen LogP contribution in [0.4, 0.5) is 0 Å². The first-order chi connectivity index (χ1) is 19.5. The predicted octanol–water partition coefficient (Wildman–Crippen LogP) is -1.39. The van der Waals surface area contributed by atoms with Gasteiger partial charge in [-0.05, 0) is 37.3 Å². The molecule has 41 heavy (non-hydrogen) atoms. The number of nitrogens with two attached hydrogens (primary N) is 3. The Morgan fingerprint density at radius 2 is 1.83 bits per heavy atom. The van der Waals surface area contributed by atoms with Crippen LogP contribution in [0.3, 0.4) is 0 Å². The minimum Gasteiger partial charge on any atom is -0.481 e. The molecule has 1 fully saturated rings. The molecule has 15 heteroatoms. The summed E-state index contributed by atoms with van der Waals surface area (Å²) in [6.07, 6.45) is 2.19. The van der Waals surface area contributed by atoms with Gasteiger partial charge in [-0.25, -0.2) is 4.79 Å². The molecule has 4 unspecified atom stereocenters. The SMILES string of the molecule is NC(N)=NCCCC(N)C(=O)NC(CC(=O)O)C(=O)N1CCCC1C(=O)NC(Cc1c[nH]c2ccccc12)C(=O)O. The number of rotatable bonds is 14. The van der Waals surface area contributed by atoms with Gasteiger partial charge in [0.2, 0.25) is 17.7 Å². The molecule has 0 spiro atoms. The third kappa shape index (κ3) is 8.41. The first-order valence-corrected chi connectivity index (χ1v) is 13.2. The first-order valence-electron chi connectivity index (χ1n) is 13.2. The van der Waals surface area contributed by atoms with E-state index < -0.39 is 60.2 Å². The highest BCUT2D eigenvalue weighted by Gasteiger charge is 2.39. The van der Waals surface area contributed by atoms with Crippen LogP contribution in [0.15, 0.2) is 35.5 Å². The lowest BCUT2D eigenvalue weighted by Gasteiger charge is -2.29. The largest absolute Gasteiger partial charge is 0.481 e. The maximum absolute atomic E-state index is 13.4. The molecule has 1 aliphatic heterocycles. The van der Waals surface area contributed by atoms with Crippen LogP contribution in [-0.4, -0.2) is 93.0 Å². The third-order valence-corrected chi connectivity index (χ3v) is 6.85. The van der Waals surface area contributed by atoms with Crippen molar-refractivity contribution in [3.8, 4) is 0 Å². The average Bonchev–Trinajstić information content (AvgIpc) is 3.57. The molecule has 1 aromatic heterocycles. The zero-order chi connectivity index (χ0) is 30.1. The highest BCUT2D eigenvalue weighted by molar-refractivity contribution is 5.96. The maximum Gasteiger partial charge on any atom is 0.326 e. The lowest BCUT2D eigenvalue weighted by atomic mass is 10.0. The van der Waals surface area contributed by atoms with Gasteiger partial charge in [-0.15, -0.1) is 0 Å². The van der Waals surface area contributed by atoms with Crippen molar-refractivity contribution in [3.05, 3.63) is 36.0 Å². The van der Waals surface area contributed by atoms with E-state index in [4.69, 9.17) is 17.2 Å². The number of benzene rings is 1. The summed E-state index contributed by atoms with van der Waals surface area (Å²) in [5.41, 5.74) is 17.9. The number of hydrogen-bond donors (Lipinski definition) is 8. The standard InChI is InChI=1S/C26H36N8O7/c27-16(6-3-9-30-26(28)29)22(37)32-18(12-21(35)36)24(39)34-10-4-8-20(34)23(38)33-19(25(40)41)11-14-13-31-17-7-2-1-5-15(14)17/h1-2,5,7,13,16,18-20,31H,3-4,6,8-12,27H2,(H,32,37)(H,33,38)(H,35,36)(H,40,41)(H4,28,29,30). The summed E-state index contributed by atoms with van der Waals surface area (Å²) in [6.45, 7) is 0.372. The third-order valence-electron chi connectivity index (χ3n) is 6.85. The predicted molar refractivity (Wildman–Crippen MR) is 148 cm³/mol. The van der Waals surface area contributed by atoms with Gasteiger partial charge >= 0.3 is 11.9 Å². The Morgan fingerprint density at radius 1 is 1.10 bits per heavy atom. The van der Waals surface area contributed by atoms with Crippen LogP contribution < -0.4 is 27.8 Å². The Bertz CT molecular complexity index is 1310. The summed E-state index contributed by atoms with van der Waals surface area (Å²) in [5, 5.41) is 24.9. The molecule has 3 rings (SSSR count). The molecule has 0 aliphatic carbocycles. The summed E-state index contributed by atoms with van der Waals surface area (Å²) in [6, 6.07) is 2.52. The van der Waals surface area contributed by atoms with E-state index >= 15 is 0 Å². The lowest BCUT2D eigenvalue weighted by molar-refractivity contribution is -0.147. The summed E-state index contributed by atoms with van der Waals surface area (Å²) >= 11 is 0. The van der Waals surface area contributed by atoms with E-state index in [-0.39, 0.29) is 38.3 Å². The number of carboxylic acids is 2. The fourth-order valence-electron chi connectivity index (χ4n) is 4.80. The number of aliphatic imine (C=N–C) groups is 1. The number of nitrogens with one attached hydrogen (secondary N) is 3. The van der Waals surface area contributed by atoms with E-state index in [2.05, 4.69) is 20.6 Å². The second-order valence-electron chi connectivity index (χ2n) is 9.87. The van der Waals surface area contributed by atoms with Crippen molar-refractivity contribution >= 4 is 46.5 Å². The number of aromatic amines is 1. The number of likely N-dealkylation sites (tertiary alicyclic amines) is 1. The normalized spacial score (nSPS) is 16.9. The van der Waals surface area contributed by atoms with Gasteiger partial charge in [-0.2, -0.15) is 0 Å². The maximum atomic E-state index is 13.4. The Hall–Kier alpha value is -4.66. The number of hydrogen-bond acceptors (Lipinski definition) is 7. The summed E-state index contributed by atoms with van der Waals surface area (Å²) in [5.74, 6) is -4.88.